The molecule has 30 heavy (non-hydrogen) atoms. The quantitative estimate of drug-likeness (QED) is 0.558. The molecular formula is C25H24N2O3. The number of anilines is 1. The van der Waals surface area contributed by atoms with E-state index >= 15 is 0 Å². The van der Waals surface area contributed by atoms with Crippen molar-refractivity contribution < 1.29 is 14.3 Å². The summed E-state index contributed by atoms with van der Waals surface area (Å²) in [5.74, 6) is 0.0875. The highest BCUT2D eigenvalue weighted by atomic mass is 16.5. The number of carbonyl (C=O) groups excluding carboxylic acids is 2. The molecule has 3 aromatic carbocycles. The summed E-state index contributed by atoms with van der Waals surface area (Å²) in [6.07, 6.45) is 3.09. The van der Waals surface area contributed by atoms with Crippen molar-refractivity contribution in [1.29, 1.82) is 0 Å². The zero-order valence-corrected chi connectivity index (χ0v) is 17.0. The average Bonchev–Trinajstić information content (AvgIpc) is 2.78. The summed E-state index contributed by atoms with van der Waals surface area (Å²) in [4.78, 5) is 25.2. The minimum atomic E-state index is -0.336. The molecule has 5 heteroatoms. The number of benzene rings is 3. The SMILES string of the molecule is COc1ccccc1/C=C/C(=O)Nc1ccccc1C(=O)N[C@H](C)c1ccccc1. The molecule has 3 rings (SSSR count). The van der Waals surface area contributed by atoms with Crippen molar-refractivity contribution in [3.8, 4) is 5.75 Å². The molecule has 0 fully saturated rings. The predicted octanol–water partition coefficient (Wildman–Crippen LogP) is 4.84. The number of methoxy groups -OCH3 is 1. The van der Waals surface area contributed by atoms with Crippen molar-refractivity contribution in [2.75, 3.05) is 12.4 Å². The molecular weight excluding hydrogens is 376 g/mol. The predicted molar refractivity (Wildman–Crippen MR) is 119 cm³/mol. The lowest BCUT2D eigenvalue weighted by molar-refractivity contribution is -0.111. The van der Waals surface area contributed by atoms with E-state index in [2.05, 4.69) is 10.6 Å². The van der Waals surface area contributed by atoms with Gasteiger partial charge < -0.3 is 15.4 Å². The standard InChI is InChI=1S/C25H24N2O3/c1-18(19-10-4-3-5-11-19)26-25(29)21-13-7-8-14-22(21)27-24(28)17-16-20-12-6-9-15-23(20)30-2/h3-18H,1-2H3,(H,26,29)(H,27,28)/b17-16+/t18-/m1/s1. The Balaban J connectivity index is 1.71. The van der Waals surface area contributed by atoms with Crippen LogP contribution in [0.2, 0.25) is 0 Å². The Morgan fingerprint density at radius 2 is 1.57 bits per heavy atom. The number of rotatable bonds is 7. The maximum Gasteiger partial charge on any atom is 0.253 e. The zero-order valence-electron chi connectivity index (χ0n) is 17.0. The van der Waals surface area contributed by atoms with Crippen LogP contribution in [0.3, 0.4) is 0 Å². The first kappa shape index (κ1) is 20.9. The van der Waals surface area contributed by atoms with Gasteiger partial charge in [0.05, 0.1) is 24.4 Å². The Morgan fingerprint density at radius 3 is 2.33 bits per heavy atom. The summed E-state index contributed by atoms with van der Waals surface area (Å²) in [6, 6.07) is 23.9. The summed E-state index contributed by atoms with van der Waals surface area (Å²) in [6.45, 7) is 1.92. The molecule has 1 atom stereocenters. The van der Waals surface area contributed by atoms with Gasteiger partial charge in [0.25, 0.3) is 5.91 Å². The highest BCUT2D eigenvalue weighted by Crippen LogP contribution is 2.20. The first-order valence-electron chi connectivity index (χ1n) is 9.65. The molecule has 2 amide bonds. The Labute approximate surface area is 176 Å². The number of nitrogens with one attached hydrogen (secondary N) is 2. The largest absolute Gasteiger partial charge is 0.496 e. The smallest absolute Gasteiger partial charge is 0.253 e. The van der Waals surface area contributed by atoms with Gasteiger partial charge >= 0.3 is 0 Å². The molecule has 0 saturated heterocycles. The van der Waals surface area contributed by atoms with E-state index in [0.29, 0.717) is 17.0 Å². The van der Waals surface area contributed by atoms with Gasteiger partial charge in [0.15, 0.2) is 0 Å². The lowest BCUT2D eigenvalue weighted by Gasteiger charge is -2.16. The second-order valence-electron chi connectivity index (χ2n) is 6.72. The number of hydrogen-bond acceptors (Lipinski definition) is 3. The summed E-state index contributed by atoms with van der Waals surface area (Å²) in [5, 5.41) is 5.76. The molecule has 0 heterocycles. The molecule has 0 unspecified atom stereocenters. The van der Waals surface area contributed by atoms with Crippen LogP contribution >= 0.6 is 0 Å². The second kappa shape index (κ2) is 10.1. The molecule has 3 aromatic rings. The first-order valence-corrected chi connectivity index (χ1v) is 9.65. The molecule has 0 spiro atoms. The van der Waals surface area contributed by atoms with Crippen molar-refractivity contribution >= 4 is 23.6 Å². The molecule has 0 saturated carbocycles. The fraction of sp³-hybridized carbons (Fsp3) is 0.120. The van der Waals surface area contributed by atoms with Crippen LogP contribution < -0.4 is 15.4 Å². The lowest BCUT2D eigenvalue weighted by Crippen LogP contribution is -2.27. The second-order valence-corrected chi connectivity index (χ2v) is 6.72. The normalized spacial score (nSPS) is 11.7. The highest BCUT2D eigenvalue weighted by Gasteiger charge is 2.15. The Hall–Kier alpha value is -3.86. The number of carbonyl (C=O) groups is 2. The van der Waals surface area contributed by atoms with Gasteiger partial charge in [-0.2, -0.15) is 0 Å². The van der Waals surface area contributed by atoms with Crippen LogP contribution in [-0.2, 0) is 4.79 Å². The van der Waals surface area contributed by atoms with Gasteiger partial charge in [-0.3, -0.25) is 9.59 Å². The van der Waals surface area contributed by atoms with Crippen LogP contribution in [0.5, 0.6) is 5.75 Å². The van der Waals surface area contributed by atoms with Gasteiger partial charge in [-0.05, 0) is 36.8 Å². The van der Waals surface area contributed by atoms with Crippen LogP contribution in [0.4, 0.5) is 5.69 Å². The zero-order chi connectivity index (χ0) is 21.3. The van der Waals surface area contributed by atoms with Crippen LogP contribution in [0, 0.1) is 0 Å². The Morgan fingerprint density at radius 1 is 0.900 bits per heavy atom. The van der Waals surface area contributed by atoms with Gasteiger partial charge in [0, 0.05) is 11.6 Å². The van der Waals surface area contributed by atoms with Crippen LogP contribution in [-0.4, -0.2) is 18.9 Å². The number of hydrogen-bond donors (Lipinski definition) is 2. The van der Waals surface area contributed by atoms with E-state index in [1.54, 1.807) is 37.5 Å². The summed E-state index contributed by atoms with van der Waals surface area (Å²) in [7, 11) is 1.58. The molecule has 5 nitrogen and oxygen atoms in total. The Kier molecular flexibility index (Phi) is 7.00. The molecule has 0 aliphatic heterocycles. The van der Waals surface area contributed by atoms with E-state index in [1.807, 2.05) is 61.5 Å². The van der Waals surface area contributed by atoms with Gasteiger partial charge in [-0.1, -0.05) is 60.7 Å². The van der Waals surface area contributed by atoms with Gasteiger partial charge in [0.1, 0.15) is 5.75 Å². The fourth-order valence-electron chi connectivity index (χ4n) is 3.03. The molecule has 152 valence electrons. The van der Waals surface area contributed by atoms with Gasteiger partial charge in [-0.25, -0.2) is 0 Å². The van der Waals surface area contributed by atoms with Crippen molar-refractivity contribution in [3.05, 3.63) is 102 Å². The minimum absolute atomic E-state index is 0.159. The molecule has 0 radical (unpaired) electrons. The summed E-state index contributed by atoms with van der Waals surface area (Å²) >= 11 is 0. The van der Waals surface area contributed by atoms with Crippen LogP contribution in [0.1, 0.15) is 34.5 Å². The maximum absolute atomic E-state index is 12.8. The molecule has 0 aromatic heterocycles. The van der Waals surface area contributed by atoms with E-state index in [1.165, 1.54) is 6.08 Å². The molecule has 2 N–H and O–H groups in total. The molecule has 0 aliphatic rings. The highest BCUT2D eigenvalue weighted by molar-refractivity contribution is 6.07. The summed E-state index contributed by atoms with van der Waals surface area (Å²) < 4.78 is 5.28. The van der Waals surface area contributed by atoms with Crippen molar-refractivity contribution in [1.82, 2.24) is 5.32 Å². The fourth-order valence-corrected chi connectivity index (χ4v) is 3.03. The number of ether oxygens (including phenoxy) is 1. The van der Waals surface area contributed by atoms with E-state index < -0.39 is 0 Å². The van der Waals surface area contributed by atoms with Crippen molar-refractivity contribution in [2.45, 2.75) is 13.0 Å². The van der Waals surface area contributed by atoms with Gasteiger partial charge in [-0.15, -0.1) is 0 Å². The third-order valence-electron chi connectivity index (χ3n) is 4.63. The average molecular weight is 400 g/mol. The van der Waals surface area contributed by atoms with Crippen molar-refractivity contribution in [3.63, 3.8) is 0 Å². The monoisotopic (exact) mass is 400 g/mol. The van der Waals surface area contributed by atoms with E-state index in [0.717, 1.165) is 11.1 Å². The topological polar surface area (TPSA) is 67.4 Å². The Bertz CT molecular complexity index is 1050. The van der Waals surface area contributed by atoms with Crippen LogP contribution in [0.15, 0.2) is 84.9 Å². The van der Waals surface area contributed by atoms with Gasteiger partial charge in [0.2, 0.25) is 5.91 Å². The molecule has 0 aliphatic carbocycles. The van der Waals surface area contributed by atoms with E-state index in [4.69, 9.17) is 4.74 Å². The van der Waals surface area contributed by atoms with Crippen LogP contribution in [0.25, 0.3) is 6.08 Å². The van der Waals surface area contributed by atoms with E-state index in [9.17, 15) is 9.59 Å². The lowest BCUT2D eigenvalue weighted by atomic mass is 10.1. The number of para-hydroxylation sites is 2. The minimum Gasteiger partial charge on any atom is -0.496 e. The first-order chi connectivity index (χ1) is 14.6. The molecule has 0 bridgehead atoms. The number of amides is 2. The van der Waals surface area contributed by atoms with Crippen molar-refractivity contribution in [2.24, 2.45) is 0 Å². The maximum atomic E-state index is 12.8. The third kappa shape index (κ3) is 5.35. The van der Waals surface area contributed by atoms with E-state index in [-0.39, 0.29) is 17.9 Å². The third-order valence-corrected chi connectivity index (χ3v) is 4.63. The summed E-state index contributed by atoms with van der Waals surface area (Å²) in [5.41, 5.74) is 2.65.